The average molecular weight is 397 g/mol. The van der Waals surface area contributed by atoms with Crippen molar-refractivity contribution in [2.45, 2.75) is 77.9 Å². The maximum Gasteiger partial charge on any atom is 0.0724 e. The fraction of sp³-hybridized carbons (Fsp3) is 0.909. The highest BCUT2D eigenvalue weighted by atomic mass is 33.1. The fourth-order valence-corrected chi connectivity index (χ4v) is 9.73. The van der Waals surface area contributed by atoms with Crippen LogP contribution in [0.2, 0.25) is 0 Å². The lowest BCUT2D eigenvalue weighted by molar-refractivity contribution is -0.0779. The second kappa shape index (κ2) is 7.31. The van der Waals surface area contributed by atoms with E-state index in [9.17, 15) is 10.2 Å². The van der Waals surface area contributed by atoms with Gasteiger partial charge in [-0.3, -0.25) is 0 Å². The van der Waals surface area contributed by atoms with Crippen molar-refractivity contribution >= 4 is 21.6 Å². The average Bonchev–Trinajstić information content (AvgIpc) is 2.86. The van der Waals surface area contributed by atoms with E-state index in [1.165, 1.54) is 50.0 Å². The van der Waals surface area contributed by atoms with Gasteiger partial charge in [0.15, 0.2) is 0 Å². The van der Waals surface area contributed by atoms with Crippen LogP contribution in [0.1, 0.15) is 65.7 Å². The molecule has 0 radical (unpaired) electrons. The van der Waals surface area contributed by atoms with Crippen molar-refractivity contribution in [3.05, 3.63) is 11.6 Å². The molecule has 4 heteroatoms. The van der Waals surface area contributed by atoms with Crippen LogP contribution in [0, 0.1) is 34.5 Å². The number of aliphatic hydroxyl groups excluding tert-OH is 2. The molecule has 0 heterocycles. The fourth-order valence-electron chi connectivity index (χ4n) is 7.34. The first-order valence-corrected chi connectivity index (χ1v) is 13.2. The van der Waals surface area contributed by atoms with Crippen LogP contribution in [-0.2, 0) is 0 Å². The topological polar surface area (TPSA) is 40.5 Å². The van der Waals surface area contributed by atoms with Gasteiger partial charge in [0.25, 0.3) is 0 Å². The Hall–Kier alpha value is 0.360. The van der Waals surface area contributed by atoms with E-state index < -0.39 is 0 Å². The van der Waals surface area contributed by atoms with Crippen molar-refractivity contribution in [1.82, 2.24) is 0 Å². The molecule has 4 aliphatic carbocycles. The molecule has 148 valence electrons. The molecule has 0 aromatic heterocycles. The van der Waals surface area contributed by atoms with E-state index in [0.717, 1.165) is 18.3 Å². The third-order valence-corrected chi connectivity index (χ3v) is 11.2. The van der Waals surface area contributed by atoms with Gasteiger partial charge in [-0.2, -0.15) is 0 Å². The molecule has 0 unspecified atom stereocenters. The lowest BCUT2D eigenvalue weighted by Crippen LogP contribution is -2.53. The van der Waals surface area contributed by atoms with Crippen molar-refractivity contribution in [3.63, 3.8) is 0 Å². The maximum atomic E-state index is 10.9. The van der Waals surface area contributed by atoms with Crippen LogP contribution in [0.4, 0.5) is 0 Å². The number of rotatable bonds is 4. The monoisotopic (exact) mass is 396 g/mol. The molecule has 4 rings (SSSR count). The molecular weight excluding hydrogens is 360 g/mol. The third kappa shape index (κ3) is 2.93. The van der Waals surface area contributed by atoms with Gasteiger partial charge in [0.2, 0.25) is 0 Å². The Morgan fingerprint density at radius 1 is 1.12 bits per heavy atom. The van der Waals surface area contributed by atoms with Crippen LogP contribution in [0.5, 0.6) is 0 Å². The lowest BCUT2D eigenvalue weighted by Gasteiger charge is -2.59. The van der Waals surface area contributed by atoms with Crippen molar-refractivity contribution in [2.75, 3.05) is 11.5 Å². The zero-order valence-electron chi connectivity index (χ0n) is 16.6. The summed E-state index contributed by atoms with van der Waals surface area (Å²) in [7, 11) is 4.06. The van der Waals surface area contributed by atoms with Crippen LogP contribution < -0.4 is 0 Å². The highest BCUT2D eigenvalue weighted by Crippen LogP contribution is 2.67. The van der Waals surface area contributed by atoms with Gasteiger partial charge in [-0.1, -0.05) is 54.0 Å². The zero-order valence-corrected chi connectivity index (χ0v) is 18.2. The number of fused-ring (bicyclic) bond motifs is 5. The highest BCUT2D eigenvalue weighted by molar-refractivity contribution is 8.76. The second-order valence-electron chi connectivity index (χ2n) is 9.74. The molecule has 3 fully saturated rings. The van der Waals surface area contributed by atoms with E-state index in [2.05, 4.69) is 37.6 Å². The van der Waals surface area contributed by atoms with Crippen LogP contribution in [0.25, 0.3) is 0 Å². The van der Waals surface area contributed by atoms with Gasteiger partial charge in [0.05, 0.1) is 12.2 Å². The Morgan fingerprint density at radius 3 is 2.69 bits per heavy atom. The molecule has 4 aliphatic rings. The van der Waals surface area contributed by atoms with Gasteiger partial charge >= 0.3 is 0 Å². The zero-order chi connectivity index (χ0) is 18.5. The molecule has 3 saturated carbocycles. The SMILES string of the molecule is CCSSC[C@]12CC[C@@H](O)C=C1CC[C@@H]1[C@@H]2CC[C@]2(C)[C@@H](O)[C@@H](C)C[C@@H]12. The summed E-state index contributed by atoms with van der Waals surface area (Å²) in [5.74, 6) is 5.06. The van der Waals surface area contributed by atoms with E-state index in [0.29, 0.717) is 17.3 Å². The predicted octanol–water partition coefficient (Wildman–Crippen LogP) is 5.30. The number of allylic oxidation sites excluding steroid dienone is 1. The van der Waals surface area contributed by atoms with E-state index in [4.69, 9.17) is 0 Å². The van der Waals surface area contributed by atoms with E-state index in [1.54, 1.807) is 5.57 Å². The summed E-state index contributed by atoms with van der Waals surface area (Å²) in [6.07, 6.45) is 10.1. The predicted molar refractivity (Wildman–Crippen MR) is 113 cm³/mol. The summed E-state index contributed by atoms with van der Waals surface area (Å²) < 4.78 is 0. The Morgan fingerprint density at radius 2 is 1.92 bits per heavy atom. The van der Waals surface area contributed by atoms with Crippen LogP contribution >= 0.6 is 21.6 Å². The van der Waals surface area contributed by atoms with Gasteiger partial charge in [0, 0.05) is 16.9 Å². The minimum absolute atomic E-state index is 0.112. The Labute approximate surface area is 167 Å². The quantitative estimate of drug-likeness (QED) is 0.384. The largest absolute Gasteiger partial charge is 0.392 e. The first kappa shape index (κ1) is 19.7. The van der Waals surface area contributed by atoms with Crippen molar-refractivity contribution < 1.29 is 10.2 Å². The van der Waals surface area contributed by atoms with Gasteiger partial charge in [-0.15, -0.1) is 0 Å². The van der Waals surface area contributed by atoms with Crippen LogP contribution in [0.3, 0.4) is 0 Å². The smallest absolute Gasteiger partial charge is 0.0724 e. The molecule has 0 spiro atoms. The van der Waals surface area contributed by atoms with Gasteiger partial charge < -0.3 is 10.2 Å². The molecular formula is C22H36O2S2. The minimum Gasteiger partial charge on any atom is -0.392 e. The molecule has 0 amide bonds. The first-order chi connectivity index (χ1) is 12.4. The standard InChI is InChI=1S/C22H36O2S2/c1-4-25-26-13-22-10-7-16(23)12-15(22)5-6-17-18(22)8-9-21(3)19(17)11-14(2)20(21)24/h12,14,16-20,23-24H,4-11,13H2,1-3H3/t14-,16+,17+,18-,19-,20-,21-,22+/m0/s1. The molecule has 26 heavy (non-hydrogen) atoms. The minimum atomic E-state index is -0.222. The summed E-state index contributed by atoms with van der Waals surface area (Å²) in [5, 5.41) is 21.2. The van der Waals surface area contributed by atoms with Gasteiger partial charge in [0.1, 0.15) is 0 Å². The number of aliphatic hydroxyl groups is 2. The molecule has 0 aliphatic heterocycles. The van der Waals surface area contributed by atoms with E-state index in [-0.39, 0.29) is 17.6 Å². The third-order valence-electron chi connectivity index (χ3n) is 8.61. The van der Waals surface area contributed by atoms with Crippen LogP contribution in [-0.4, -0.2) is 33.9 Å². The summed E-state index contributed by atoms with van der Waals surface area (Å²) in [6.45, 7) is 6.89. The van der Waals surface area contributed by atoms with E-state index >= 15 is 0 Å². The first-order valence-electron chi connectivity index (χ1n) is 10.7. The molecule has 8 atom stereocenters. The molecule has 0 aromatic carbocycles. The van der Waals surface area contributed by atoms with Crippen LogP contribution in [0.15, 0.2) is 11.6 Å². The Bertz CT molecular complexity index is 564. The maximum absolute atomic E-state index is 10.9. The van der Waals surface area contributed by atoms with Gasteiger partial charge in [-0.25, -0.2) is 0 Å². The molecule has 0 saturated heterocycles. The Kier molecular flexibility index (Phi) is 5.53. The molecule has 0 bridgehead atoms. The highest BCUT2D eigenvalue weighted by Gasteiger charge is 2.61. The Balaban J connectivity index is 1.66. The van der Waals surface area contributed by atoms with Crippen molar-refractivity contribution in [1.29, 1.82) is 0 Å². The lowest BCUT2D eigenvalue weighted by atomic mass is 9.47. The van der Waals surface area contributed by atoms with Crippen molar-refractivity contribution in [3.8, 4) is 0 Å². The second-order valence-corrected chi connectivity index (χ2v) is 12.5. The van der Waals surface area contributed by atoms with Gasteiger partial charge in [-0.05, 0) is 74.0 Å². The number of hydrogen-bond acceptors (Lipinski definition) is 4. The summed E-state index contributed by atoms with van der Waals surface area (Å²) in [5.41, 5.74) is 2.03. The number of hydrogen-bond donors (Lipinski definition) is 2. The molecule has 0 aromatic rings. The van der Waals surface area contributed by atoms with Crippen molar-refractivity contribution in [2.24, 2.45) is 34.5 Å². The molecule has 2 N–H and O–H groups in total. The molecule has 2 nitrogen and oxygen atoms in total. The van der Waals surface area contributed by atoms with E-state index in [1.807, 2.05) is 10.8 Å². The summed E-state index contributed by atoms with van der Waals surface area (Å²) in [6, 6.07) is 0. The summed E-state index contributed by atoms with van der Waals surface area (Å²) >= 11 is 0. The normalized spacial score (nSPS) is 50.6. The summed E-state index contributed by atoms with van der Waals surface area (Å²) in [4.78, 5) is 0.